The second kappa shape index (κ2) is 7.80. The van der Waals surface area contributed by atoms with Gasteiger partial charge >= 0.3 is 13.1 Å². The summed E-state index contributed by atoms with van der Waals surface area (Å²) >= 11 is 0. The van der Waals surface area contributed by atoms with Crippen LogP contribution in [-0.2, 0) is 25.4 Å². The van der Waals surface area contributed by atoms with Crippen LogP contribution in [0.15, 0.2) is 53.5 Å². The number of rotatable bonds is 4. The number of carbonyl (C=O) groups is 1. The molecule has 2 aromatic carbocycles. The van der Waals surface area contributed by atoms with Crippen LogP contribution in [0, 0.1) is 0 Å². The van der Waals surface area contributed by atoms with Gasteiger partial charge in [0.05, 0.1) is 16.9 Å². The lowest BCUT2D eigenvalue weighted by Gasteiger charge is -2.32. The van der Waals surface area contributed by atoms with Gasteiger partial charge in [-0.25, -0.2) is 0 Å². The largest absolute Gasteiger partial charge is 0.495 e. The van der Waals surface area contributed by atoms with Gasteiger partial charge in [0.25, 0.3) is 5.56 Å². The first-order valence-electron chi connectivity index (χ1n) is 10.5. The number of ether oxygens (including phenoxy) is 1. The zero-order chi connectivity index (χ0) is 23.3. The highest BCUT2D eigenvalue weighted by atomic mass is 16.7. The number of hydrogen-bond acceptors (Lipinski definition) is 6. The van der Waals surface area contributed by atoms with Gasteiger partial charge in [0.15, 0.2) is 0 Å². The van der Waals surface area contributed by atoms with Gasteiger partial charge in [0, 0.05) is 29.8 Å². The zero-order valence-corrected chi connectivity index (χ0v) is 19.0. The Bertz CT molecular complexity index is 1250. The zero-order valence-electron chi connectivity index (χ0n) is 19.0. The van der Waals surface area contributed by atoms with Crippen molar-refractivity contribution >= 4 is 35.0 Å². The third-order valence-corrected chi connectivity index (χ3v) is 6.30. The summed E-state index contributed by atoms with van der Waals surface area (Å²) in [5.74, 6) is -0.416. The summed E-state index contributed by atoms with van der Waals surface area (Å²) in [7, 11) is -0.665. The number of nitrogens with two attached hydrogens (primary N) is 1. The summed E-state index contributed by atoms with van der Waals surface area (Å²) in [4.78, 5) is 24.9. The number of pyridine rings is 1. The summed E-state index contributed by atoms with van der Waals surface area (Å²) in [6.45, 7) is 9.23. The molecule has 0 bridgehead atoms. The lowest BCUT2D eigenvalue weighted by molar-refractivity contribution is -0.142. The Kier molecular flexibility index (Phi) is 5.39. The van der Waals surface area contributed by atoms with Gasteiger partial charge in [-0.3, -0.25) is 14.2 Å². The SMILES string of the molecule is CC(=O)OCc1c(B2OC(C)(C)C(C)(C)O2)cccc1-n1ccc2cc(N)ccc2c1=O. The molecule has 8 heteroatoms. The van der Waals surface area contributed by atoms with E-state index >= 15 is 0 Å². The Labute approximate surface area is 187 Å². The van der Waals surface area contributed by atoms with Crippen LogP contribution in [0.4, 0.5) is 5.69 Å². The normalized spacial score (nSPS) is 17.0. The number of benzene rings is 2. The molecule has 1 aliphatic rings. The summed E-state index contributed by atoms with van der Waals surface area (Å²) in [5, 5.41) is 1.30. The standard InChI is InChI=1S/C24H27BN2O5/c1-15(28)30-14-19-20(25-31-23(2,3)24(4,5)32-25)7-6-8-21(19)27-12-11-16-13-17(26)9-10-18(16)22(27)29/h6-13H,14,26H2,1-5H3. The molecule has 2 heterocycles. The molecule has 1 fully saturated rings. The van der Waals surface area contributed by atoms with E-state index in [0.29, 0.717) is 27.8 Å². The summed E-state index contributed by atoms with van der Waals surface area (Å²) < 4.78 is 19.4. The molecule has 1 saturated heterocycles. The molecule has 0 radical (unpaired) electrons. The molecule has 0 amide bonds. The van der Waals surface area contributed by atoms with E-state index in [9.17, 15) is 9.59 Å². The molecule has 1 aliphatic heterocycles. The summed E-state index contributed by atoms with van der Waals surface area (Å²) in [6.07, 6.45) is 1.70. The Balaban J connectivity index is 1.88. The van der Waals surface area contributed by atoms with Gasteiger partial charge in [-0.1, -0.05) is 12.1 Å². The molecule has 2 N–H and O–H groups in total. The fourth-order valence-corrected chi connectivity index (χ4v) is 3.80. The fraction of sp³-hybridized carbons (Fsp3) is 0.333. The third-order valence-electron chi connectivity index (χ3n) is 6.30. The Morgan fingerprint density at radius 1 is 1.09 bits per heavy atom. The predicted molar refractivity (Wildman–Crippen MR) is 125 cm³/mol. The first kappa shape index (κ1) is 22.1. The summed E-state index contributed by atoms with van der Waals surface area (Å²) in [6, 6.07) is 12.6. The van der Waals surface area contributed by atoms with Crippen molar-refractivity contribution in [3.8, 4) is 5.69 Å². The number of carbonyl (C=O) groups excluding carboxylic acids is 1. The maximum Gasteiger partial charge on any atom is 0.495 e. The average molecular weight is 434 g/mol. The first-order valence-corrected chi connectivity index (χ1v) is 10.5. The van der Waals surface area contributed by atoms with Crippen molar-refractivity contribution < 1.29 is 18.8 Å². The number of nitrogens with zero attached hydrogens (tertiary/aromatic N) is 1. The predicted octanol–water partition coefficient (Wildman–Crippen LogP) is 2.94. The van der Waals surface area contributed by atoms with Crippen LogP contribution < -0.4 is 16.8 Å². The molecule has 3 aromatic rings. The number of nitrogen functional groups attached to an aromatic ring is 1. The quantitative estimate of drug-likeness (QED) is 0.386. The van der Waals surface area contributed by atoms with Gasteiger partial charge in [0.2, 0.25) is 0 Å². The monoisotopic (exact) mass is 434 g/mol. The molecule has 0 saturated carbocycles. The molecule has 0 atom stereocenters. The van der Waals surface area contributed by atoms with E-state index in [4.69, 9.17) is 19.8 Å². The number of hydrogen-bond donors (Lipinski definition) is 1. The third kappa shape index (κ3) is 3.80. The van der Waals surface area contributed by atoms with E-state index in [1.165, 1.54) is 6.92 Å². The van der Waals surface area contributed by atoms with Gasteiger partial charge in [-0.2, -0.15) is 0 Å². The van der Waals surface area contributed by atoms with Crippen molar-refractivity contribution in [3.05, 3.63) is 64.6 Å². The Morgan fingerprint density at radius 3 is 2.44 bits per heavy atom. The Hall–Kier alpha value is -3.10. The second-order valence-electron chi connectivity index (χ2n) is 9.05. The van der Waals surface area contributed by atoms with Gasteiger partial charge in [-0.05, 0) is 68.9 Å². The van der Waals surface area contributed by atoms with Crippen LogP contribution in [0.1, 0.15) is 40.2 Å². The van der Waals surface area contributed by atoms with E-state index < -0.39 is 24.3 Å². The smallest absolute Gasteiger partial charge is 0.461 e. The molecule has 0 unspecified atom stereocenters. The fourth-order valence-electron chi connectivity index (χ4n) is 3.80. The highest BCUT2D eigenvalue weighted by molar-refractivity contribution is 6.62. The maximum absolute atomic E-state index is 13.3. The van der Waals surface area contributed by atoms with Crippen LogP contribution >= 0.6 is 0 Å². The van der Waals surface area contributed by atoms with E-state index in [-0.39, 0.29) is 12.2 Å². The van der Waals surface area contributed by atoms with Gasteiger partial charge in [0.1, 0.15) is 6.61 Å². The maximum atomic E-state index is 13.3. The van der Waals surface area contributed by atoms with E-state index in [1.807, 2.05) is 52.0 Å². The molecular weight excluding hydrogens is 407 g/mol. The minimum absolute atomic E-state index is 0.0167. The van der Waals surface area contributed by atoms with Crippen LogP contribution in [-0.4, -0.2) is 28.9 Å². The van der Waals surface area contributed by atoms with Crippen LogP contribution in [0.2, 0.25) is 0 Å². The van der Waals surface area contributed by atoms with E-state index in [0.717, 1.165) is 5.39 Å². The molecule has 0 spiro atoms. The number of anilines is 1. The molecule has 1 aromatic heterocycles. The van der Waals surface area contributed by atoms with Crippen LogP contribution in [0.5, 0.6) is 0 Å². The average Bonchev–Trinajstić information content (AvgIpc) is 2.93. The number of esters is 1. The molecule has 4 rings (SSSR count). The summed E-state index contributed by atoms with van der Waals surface area (Å²) in [5.41, 5.74) is 7.15. The lowest BCUT2D eigenvalue weighted by Crippen LogP contribution is -2.41. The van der Waals surface area contributed by atoms with Crippen molar-refractivity contribution in [2.75, 3.05) is 5.73 Å². The highest BCUT2D eigenvalue weighted by Crippen LogP contribution is 2.37. The van der Waals surface area contributed by atoms with Crippen LogP contribution in [0.3, 0.4) is 0 Å². The number of fused-ring (bicyclic) bond motifs is 1. The highest BCUT2D eigenvalue weighted by Gasteiger charge is 2.52. The van der Waals surface area contributed by atoms with Crippen molar-refractivity contribution in [1.29, 1.82) is 0 Å². The van der Waals surface area contributed by atoms with Crippen molar-refractivity contribution in [2.45, 2.75) is 52.4 Å². The second-order valence-corrected chi connectivity index (χ2v) is 9.05. The number of aromatic nitrogens is 1. The van der Waals surface area contributed by atoms with Gasteiger partial charge in [-0.15, -0.1) is 0 Å². The van der Waals surface area contributed by atoms with E-state index in [1.54, 1.807) is 29.0 Å². The van der Waals surface area contributed by atoms with Crippen molar-refractivity contribution in [1.82, 2.24) is 4.57 Å². The molecule has 0 aliphatic carbocycles. The molecule has 166 valence electrons. The lowest BCUT2D eigenvalue weighted by atomic mass is 9.75. The van der Waals surface area contributed by atoms with Gasteiger partial charge < -0.3 is 19.8 Å². The first-order chi connectivity index (χ1) is 15.0. The van der Waals surface area contributed by atoms with Crippen molar-refractivity contribution in [2.24, 2.45) is 0 Å². The van der Waals surface area contributed by atoms with E-state index in [2.05, 4.69) is 0 Å². The van der Waals surface area contributed by atoms with Crippen molar-refractivity contribution in [3.63, 3.8) is 0 Å². The minimum Gasteiger partial charge on any atom is -0.461 e. The topological polar surface area (TPSA) is 92.8 Å². The minimum atomic E-state index is -0.665. The Morgan fingerprint density at radius 2 is 1.78 bits per heavy atom. The van der Waals surface area contributed by atoms with Crippen LogP contribution in [0.25, 0.3) is 16.5 Å². The molecular formula is C24H27BN2O5. The molecule has 7 nitrogen and oxygen atoms in total. The molecule has 32 heavy (non-hydrogen) atoms.